The molecule has 0 saturated carbocycles. The van der Waals surface area contributed by atoms with Gasteiger partial charge in [0.15, 0.2) is 0 Å². The quantitative estimate of drug-likeness (QED) is 0.141. The van der Waals surface area contributed by atoms with E-state index in [9.17, 15) is 24.3 Å². The van der Waals surface area contributed by atoms with E-state index < -0.39 is 24.3 Å². The number of aromatic nitrogens is 4. The number of hydrogen-bond acceptors (Lipinski definition) is 8. The largest absolute Gasteiger partial charge is 0.465 e. The van der Waals surface area contributed by atoms with Crippen LogP contribution < -0.4 is 5.32 Å². The average Bonchev–Trinajstić information content (AvgIpc) is 4.02. The van der Waals surface area contributed by atoms with E-state index in [1.54, 1.807) is 4.90 Å². The number of ether oxygens (including phenoxy) is 1. The predicted octanol–water partition coefficient (Wildman–Crippen LogP) is 6.42. The number of carbonyl (C=O) groups is 4. The molecule has 2 aromatic carbocycles. The van der Waals surface area contributed by atoms with Gasteiger partial charge in [-0.25, -0.2) is 19.6 Å². The van der Waals surface area contributed by atoms with Gasteiger partial charge in [0.25, 0.3) is 0 Å². The van der Waals surface area contributed by atoms with Gasteiger partial charge in [0.05, 0.1) is 43.0 Å². The number of rotatable bonds is 10. The molecule has 4 aromatic rings. The van der Waals surface area contributed by atoms with Crippen LogP contribution in [0, 0.1) is 11.8 Å². The molecule has 0 spiro atoms. The molecule has 0 bridgehead atoms. The third kappa shape index (κ3) is 7.91. The van der Waals surface area contributed by atoms with Gasteiger partial charge in [-0.1, -0.05) is 52.0 Å². The zero-order valence-corrected chi connectivity index (χ0v) is 34.4. The molecule has 3 aliphatic rings. The number of carbonyl (C=O) groups excluding carboxylic acids is 3. The summed E-state index contributed by atoms with van der Waals surface area (Å²) in [6.07, 6.45) is 5.10. The zero-order valence-electron chi connectivity index (χ0n) is 34.4. The Morgan fingerprint density at radius 3 is 1.76 bits per heavy atom. The number of alkyl carbamates (subject to hydrolysis) is 1. The molecule has 15 nitrogen and oxygen atoms in total. The van der Waals surface area contributed by atoms with E-state index in [2.05, 4.69) is 63.6 Å². The van der Waals surface area contributed by atoms with E-state index in [1.807, 2.05) is 45.0 Å². The van der Waals surface area contributed by atoms with Gasteiger partial charge in [-0.15, -0.1) is 0 Å². The first-order chi connectivity index (χ1) is 27.7. The van der Waals surface area contributed by atoms with Crippen LogP contribution in [-0.4, -0.2) is 115 Å². The maximum Gasteiger partial charge on any atom is 0.407 e. The Balaban J connectivity index is 1.10. The minimum Gasteiger partial charge on any atom is -0.465 e. The fourth-order valence-corrected chi connectivity index (χ4v) is 8.95. The van der Waals surface area contributed by atoms with Crippen molar-refractivity contribution >= 4 is 24.0 Å². The maximum atomic E-state index is 13.7. The number of carboxylic acid groups (broad SMARTS) is 1. The van der Waals surface area contributed by atoms with Crippen molar-refractivity contribution in [2.24, 2.45) is 11.8 Å². The molecule has 0 unspecified atom stereocenters. The molecule has 0 aliphatic carbocycles. The van der Waals surface area contributed by atoms with Crippen LogP contribution >= 0.6 is 0 Å². The van der Waals surface area contributed by atoms with Crippen LogP contribution in [0.2, 0.25) is 0 Å². The number of hydrogen-bond donors (Lipinski definition) is 4. The number of fused-ring (bicyclic) bond motifs is 3. The van der Waals surface area contributed by atoms with Gasteiger partial charge in [-0.2, -0.15) is 0 Å². The molecule has 308 valence electrons. The number of methoxy groups -OCH3 is 1. The van der Waals surface area contributed by atoms with Gasteiger partial charge in [-0.3, -0.25) is 19.4 Å². The van der Waals surface area contributed by atoms with Crippen LogP contribution in [0.5, 0.6) is 0 Å². The van der Waals surface area contributed by atoms with Crippen molar-refractivity contribution in [2.45, 2.75) is 90.6 Å². The molecular weight excluding hydrogens is 739 g/mol. The van der Waals surface area contributed by atoms with E-state index in [0.29, 0.717) is 18.9 Å². The number of aromatic amines is 2. The highest BCUT2D eigenvalue weighted by atomic mass is 16.5. The van der Waals surface area contributed by atoms with Gasteiger partial charge in [0, 0.05) is 33.2 Å². The molecule has 2 saturated heterocycles. The summed E-state index contributed by atoms with van der Waals surface area (Å²) in [6.45, 7) is 10.2. The lowest BCUT2D eigenvalue weighted by Gasteiger charge is -2.33. The Bertz CT molecular complexity index is 2180. The SMILES string of the molecule is COC(=O)N[C@H](C(=O)N1CCC[C@H]1c1ncc(-c2ccc3c(c2)CN(C)Cc2cc(-c4cnc([C@@H]5CCCN5C(=O)[C@H](C(C)C)N(C)C(=O)O)[nH]4)ccc2-3)[nH]1)C(C)C. The third-order valence-electron chi connectivity index (χ3n) is 11.9. The Hall–Kier alpha value is -5.70. The minimum absolute atomic E-state index is 0.112. The number of imidazole rings is 2. The molecule has 4 amide bonds. The first kappa shape index (κ1) is 40.5. The number of likely N-dealkylation sites (N-methyl/N-ethyl adjacent to an activating group) is 1. The molecule has 15 heteroatoms. The molecule has 3 aliphatic heterocycles. The standard InChI is InChI=1S/C43H55N9O6/c1-24(2)36(48-42(55)58-7)40(53)51-16-8-10-34(51)38-44-20-32(46-38)26-12-14-30-28(18-26)22-49(5)23-29-19-27(13-15-31(29)30)33-21-45-39(47-33)35-11-9-17-52(35)41(54)37(25(3)4)50(6)43(56)57/h12-15,18-21,24-25,34-37H,8-11,16-17,22-23H2,1-7H3,(H,44,46)(H,45,47)(H,48,55)(H,56,57)/t34-,35-,36-,37-/m0/s1. The van der Waals surface area contributed by atoms with Crippen molar-refractivity contribution in [1.29, 1.82) is 0 Å². The van der Waals surface area contributed by atoms with Crippen molar-refractivity contribution in [3.05, 3.63) is 71.6 Å². The normalized spacial score (nSPS) is 19.1. The number of likely N-dealkylation sites (tertiary alicyclic amines) is 2. The molecule has 4 atom stereocenters. The van der Waals surface area contributed by atoms with Crippen molar-refractivity contribution < 1.29 is 29.0 Å². The Kier molecular flexibility index (Phi) is 11.6. The first-order valence-electron chi connectivity index (χ1n) is 20.2. The second-order valence-electron chi connectivity index (χ2n) is 16.6. The van der Waals surface area contributed by atoms with Crippen LogP contribution in [0.25, 0.3) is 33.6 Å². The Morgan fingerprint density at radius 1 is 0.810 bits per heavy atom. The van der Waals surface area contributed by atoms with Crippen LogP contribution in [0.4, 0.5) is 9.59 Å². The summed E-state index contributed by atoms with van der Waals surface area (Å²) in [5, 5.41) is 12.4. The van der Waals surface area contributed by atoms with Crippen LogP contribution in [0.3, 0.4) is 0 Å². The summed E-state index contributed by atoms with van der Waals surface area (Å²) in [7, 11) is 4.86. The molecule has 2 fully saturated rings. The fraction of sp³-hybridized carbons (Fsp3) is 0.488. The van der Waals surface area contributed by atoms with Crippen LogP contribution in [-0.2, 0) is 27.4 Å². The number of nitrogens with zero attached hydrogens (tertiary/aromatic N) is 6. The summed E-state index contributed by atoms with van der Waals surface area (Å²) in [4.78, 5) is 74.7. The number of nitrogens with one attached hydrogen (secondary N) is 3. The number of H-pyrrole nitrogens is 2. The molecular formula is C43H55N9O6. The summed E-state index contributed by atoms with van der Waals surface area (Å²) in [5.41, 5.74) is 8.44. The minimum atomic E-state index is -1.12. The van der Waals surface area contributed by atoms with Gasteiger partial charge in [0.1, 0.15) is 23.7 Å². The van der Waals surface area contributed by atoms with Crippen molar-refractivity contribution in [2.75, 3.05) is 34.3 Å². The zero-order chi connectivity index (χ0) is 41.4. The van der Waals surface area contributed by atoms with E-state index in [1.165, 1.54) is 25.3 Å². The summed E-state index contributed by atoms with van der Waals surface area (Å²) < 4.78 is 4.78. The molecule has 2 aromatic heterocycles. The highest BCUT2D eigenvalue weighted by Crippen LogP contribution is 2.39. The van der Waals surface area contributed by atoms with Gasteiger partial charge >= 0.3 is 12.2 Å². The molecule has 4 N–H and O–H groups in total. The molecule has 7 rings (SSSR count). The lowest BCUT2D eigenvalue weighted by atomic mass is 9.93. The second kappa shape index (κ2) is 16.6. The maximum absolute atomic E-state index is 13.7. The smallest absolute Gasteiger partial charge is 0.407 e. The first-order valence-corrected chi connectivity index (χ1v) is 20.2. The number of benzene rings is 2. The van der Waals surface area contributed by atoms with E-state index >= 15 is 0 Å². The molecule has 58 heavy (non-hydrogen) atoms. The fourth-order valence-electron chi connectivity index (χ4n) is 8.95. The van der Waals surface area contributed by atoms with E-state index in [0.717, 1.165) is 83.1 Å². The highest BCUT2D eigenvalue weighted by Gasteiger charge is 2.40. The van der Waals surface area contributed by atoms with E-state index in [4.69, 9.17) is 14.7 Å². The second-order valence-corrected chi connectivity index (χ2v) is 16.6. The Morgan fingerprint density at radius 2 is 1.31 bits per heavy atom. The molecule has 0 radical (unpaired) electrons. The topological polar surface area (TPSA) is 180 Å². The Labute approximate surface area is 339 Å². The number of amides is 4. The van der Waals surface area contributed by atoms with Crippen molar-refractivity contribution in [3.8, 4) is 33.6 Å². The van der Waals surface area contributed by atoms with Gasteiger partial charge in [-0.05, 0) is 90.1 Å². The lowest BCUT2D eigenvalue weighted by molar-refractivity contribution is -0.138. The van der Waals surface area contributed by atoms with Crippen LogP contribution in [0.15, 0.2) is 48.8 Å². The van der Waals surface area contributed by atoms with Crippen molar-refractivity contribution in [3.63, 3.8) is 0 Å². The highest BCUT2D eigenvalue weighted by molar-refractivity contribution is 5.87. The molecule has 5 heterocycles. The third-order valence-corrected chi connectivity index (χ3v) is 11.9. The van der Waals surface area contributed by atoms with Gasteiger partial charge in [0.2, 0.25) is 11.8 Å². The average molecular weight is 794 g/mol. The summed E-state index contributed by atoms with van der Waals surface area (Å²) in [6, 6.07) is 11.0. The van der Waals surface area contributed by atoms with Gasteiger partial charge < -0.3 is 34.9 Å². The summed E-state index contributed by atoms with van der Waals surface area (Å²) in [5.74, 6) is 0.811. The monoisotopic (exact) mass is 793 g/mol. The van der Waals surface area contributed by atoms with Crippen molar-refractivity contribution in [1.82, 2.24) is 44.9 Å². The van der Waals surface area contributed by atoms with Crippen LogP contribution in [0.1, 0.15) is 88.2 Å². The lowest BCUT2D eigenvalue weighted by Crippen LogP contribution is -2.51. The predicted molar refractivity (Wildman–Crippen MR) is 218 cm³/mol. The summed E-state index contributed by atoms with van der Waals surface area (Å²) >= 11 is 0. The van der Waals surface area contributed by atoms with E-state index in [-0.39, 0.29) is 35.7 Å².